The second-order valence-corrected chi connectivity index (χ2v) is 5.25. The molecule has 2 N–H and O–H groups in total. The van der Waals surface area contributed by atoms with E-state index in [1.807, 2.05) is 24.3 Å². The number of hydrogen-bond donors (Lipinski definition) is 1. The van der Waals surface area contributed by atoms with Gasteiger partial charge in [0.15, 0.2) is 0 Å². The third kappa shape index (κ3) is 3.53. The van der Waals surface area contributed by atoms with Crippen molar-refractivity contribution in [2.75, 3.05) is 20.8 Å². The number of benzene rings is 1. The monoisotopic (exact) mass is 318 g/mol. The van der Waals surface area contributed by atoms with Gasteiger partial charge >= 0.3 is 12.1 Å². The molecule has 1 heterocycles. The van der Waals surface area contributed by atoms with Crippen LogP contribution < -0.4 is 5.73 Å². The molecule has 0 aliphatic rings. The van der Waals surface area contributed by atoms with E-state index in [9.17, 15) is 9.59 Å². The number of aromatic nitrogens is 1. The molecule has 124 valence electrons. The molecule has 0 spiro atoms. The molecule has 1 aromatic heterocycles. The van der Waals surface area contributed by atoms with Crippen LogP contribution in [0.25, 0.3) is 10.9 Å². The molecular formula is C17H22N2O4. The van der Waals surface area contributed by atoms with Crippen LogP contribution >= 0.6 is 0 Å². The number of rotatable bonds is 6. The molecule has 6 heteroatoms. The van der Waals surface area contributed by atoms with E-state index < -0.39 is 6.09 Å². The first-order chi connectivity index (χ1) is 11.1. The fourth-order valence-corrected chi connectivity index (χ4v) is 2.77. The van der Waals surface area contributed by atoms with Gasteiger partial charge in [0.25, 0.3) is 0 Å². The number of carbonyl (C=O) groups is 2. The van der Waals surface area contributed by atoms with E-state index in [1.165, 1.54) is 14.2 Å². The highest BCUT2D eigenvalue weighted by Gasteiger charge is 2.22. The third-order valence-corrected chi connectivity index (χ3v) is 3.86. The van der Waals surface area contributed by atoms with E-state index >= 15 is 0 Å². The van der Waals surface area contributed by atoms with Crippen molar-refractivity contribution in [2.24, 2.45) is 5.73 Å². The molecule has 0 aliphatic heterocycles. The topological polar surface area (TPSA) is 83.5 Å². The lowest BCUT2D eigenvalue weighted by Gasteiger charge is -2.09. The summed E-state index contributed by atoms with van der Waals surface area (Å²) in [5.74, 6) is -0.335. The molecule has 0 aliphatic carbocycles. The first-order valence-electron chi connectivity index (χ1n) is 7.60. The lowest BCUT2D eigenvalue weighted by atomic mass is 10.0. The predicted octanol–water partition coefficient (Wildman–Crippen LogP) is 2.25. The maximum Gasteiger partial charge on any atom is 0.418 e. The number of para-hydroxylation sites is 1. The Balaban J connectivity index is 2.60. The third-order valence-electron chi connectivity index (χ3n) is 3.86. The molecule has 0 unspecified atom stereocenters. The first-order valence-corrected chi connectivity index (χ1v) is 7.60. The Morgan fingerprint density at radius 3 is 2.52 bits per heavy atom. The van der Waals surface area contributed by atoms with Gasteiger partial charge in [-0.2, -0.15) is 0 Å². The van der Waals surface area contributed by atoms with Crippen LogP contribution in [0.15, 0.2) is 24.3 Å². The predicted molar refractivity (Wildman–Crippen MR) is 87.5 cm³/mol. The lowest BCUT2D eigenvalue weighted by Crippen LogP contribution is -2.16. The van der Waals surface area contributed by atoms with Gasteiger partial charge in [0.1, 0.15) is 0 Å². The molecule has 0 fully saturated rings. The van der Waals surface area contributed by atoms with Crippen LogP contribution in [0, 0.1) is 0 Å². The fraction of sp³-hybridized carbons (Fsp3) is 0.412. The van der Waals surface area contributed by atoms with Gasteiger partial charge < -0.3 is 15.2 Å². The summed E-state index contributed by atoms with van der Waals surface area (Å²) >= 11 is 0. The molecule has 0 amide bonds. The molecule has 1 aromatic carbocycles. The Kier molecular flexibility index (Phi) is 5.76. The highest BCUT2D eigenvalue weighted by Crippen LogP contribution is 2.28. The average molecular weight is 318 g/mol. The molecule has 2 aromatic rings. The van der Waals surface area contributed by atoms with Gasteiger partial charge in [-0.3, -0.25) is 4.79 Å². The van der Waals surface area contributed by atoms with Crippen molar-refractivity contribution in [3.05, 3.63) is 35.5 Å². The summed E-state index contributed by atoms with van der Waals surface area (Å²) in [6.07, 6.45) is 1.99. The average Bonchev–Trinajstić information content (AvgIpc) is 2.88. The molecule has 0 bridgehead atoms. The molecule has 23 heavy (non-hydrogen) atoms. The zero-order valence-electron chi connectivity index (χ0n) is 13.5. The van der Waals surface area contributed by atoms with E-state index in [4.69, 9.17) is 15.2 Å². The number of unbranched alkanes of at least 4 members (excludes halogenated alkanes) is 1. The van der Waals surface area contributed by atoms with Gasteiger partial charge in [-0.15, -0.1) is 0 Å². The molecule has 6 nitrogen and oxygen atoms in total. The number of fused-ring (bicyclic) bond motifs is 1. The van der Waals surface area contributed by atoms with Crippen molar-refractivity contribution in [1.29, 1.82) is 0 Å². The molecule has 0 saturated heterocycles. The normalized spacial score (nSPS) is 10.7. The lowest BCUT2D eigenvalue weighted by molar-refractivity contribution is -0.139. The van der Waals surface area contributed by atoms with Gasteiger partial charge in [-0.25, -0.2) is 9.36 Å². The second-order valence-electron chi connectivity index (χ2n) is 5.25. The number of nitrogens with two attached hydrogens (primary N) is 1. The van der Waals surface area contributed by atoms with Gasteiger partial charge in [0.05, 0.1) is 26.2 Å². The first kappa shape index (κ1) is 17.0. The Hall–Kier alpha value is -2.34. The number of esters is 1. The van der Waals surface area contributed by atoms with Crippen LogP contribution in [0.3, 0.4) is 0 Å². The van der Waals surface area contributed by atoms with E-state index in [0.717, 1.165) is 35.0 Å². The molecule has 0 radical (unpaired) electrons. The number of carbonyl (C=O) groups excluding carboxylic acids is 2. The SMILES string of the molecule is COC(=O)Cc1c(CCCCN)n(C(=O)OC)c2ccccc12. The zero-order chi connectivity index (χ0) is 16.8. The summed E-state index contributed by atoms with van der Waals surface area (Å²) in [6, 6.07) is 7.49. The fourth-order valence-electron chi connectivity index (χ4n) is 2.77. The summed E-state index contributed by atoms with van der Waals surface area (Å²) in [7, 11) is 2.71. The summed E-state index contributed by atoms with van der Waals surface area (Å²) in [6.45, 7) is 0.588. The Bertz CT molecular complexity index is 706. The number of hydrogen-bond acceptors (Lipinski definition) is 5. The van der Waals surface area contributed by atoms with Crippen molar-refractivity contribution in [1.82, 2.24) is 4.57 Å². The summed E-state index contributed by atoms with van der Waals surface area (Å²) < 4.78 is 11.3. The largest absolute Gasteiger partial charge is 0.469 e. The highest BCUT2D eigenvalue weighted by molar-refractivity contribution is 5.95. The van der Waals surface area contributed by atoms with E-state index in [1.54, 1.807) is 4.57 Å². The minimum absolute atomic E-state index is 0.124. The Morgan fingerprint density at radius 2 is 1.87 bits per heavy atom. The van der Waals surface area contributed by atoms with Crippen LogP contribution in [0.5, 0.6) is 0 Å². The Labute approximate surface area is 135 Å². The second kappa shape index (κ2) is 7.78. The Morgan fingerprint density at radius 1 is 1.13 bits per heavy atom. The van der Waals surface area contributed by atoms with Crippen molar-refractivity contribution >= 4 is 23.0 Å². The maximum atomic E-state index is 12.2. The summed E-state index contributed by atoms with van der Waals surface area (Å²) in [5, 5.41) is 0.867. The van der Waals surface area contributed by atoms with E-state index in [-0.39, 0.29) is 12.4 Å². The van der Waals surface area contributed by atoms with Crippen molar-refractivity contribution in [3.8, 4) is 0 Å². The molecule has 0 atom stereocenters. The van der Waals surface area contributed by atoms with Gasteiger partial charge in [0.2, 0.25) is 0 Å². The quantitative estimate of drug-likeness (QED) is 0.652. The highest BCUT2D eigenvalue weighted by atomic mass is 16.5. The number of ether oxygens (including phenoxy) is 2. The van der Waals surface area contributed by atoms with Crippen LogP contribution in [-0.4, -0.2) is 37.4 Å². The van der Waals surface area contributed by atoms with Crippen molar-refractivity contribution in [3.63, 3.8) is 0 Å². The standard InChI is InChI=1S/C17H22N2O4/c1-22-16(20)11-13-12-7-3-4-8-14(12)19(17(21)23-2)15(13)9-5-6-10-18/h3-4,7-8H,5-6,9-11,18H2,1-2H3. The van der Waals surface area contributed by atoms with Crippen LogP contribution in [-0.2, 0) is 27.1 Å². The minimum atomic E-state index is -0.458. The summed E-state index contributed by atoms with van der Waals surface area (Å²) in [4.78, 5) is 24.0. The zero-order valence-corrected chi connectivity index (χ0v) is 13.5. The van der Waals surface area contributed by atoms with Crippen LogP contribution in [0.1, 0.15) is 24.1 Å². The minimum Gasteiger partial charge on any atom is -0.469 e. The van der Waals surface area contributed by atoms with Crippen molar-refractivity contribution in [2.45, 2.75) is 25.7 Å². The molecule has 0 saturated carbocycles. The van der Waals surface area contributed by atoms with E-state index in [2.05, 4.69) is 0 Å². The molecule has 2 rings (SSSR count). The maximum absolute atomic E-state index is 12.2. The van der Waals surface area contributed by atoms with Gasteiger partial charge in [-0.05, 0) is 37.4 Å². The van der Waals surface area contributed by atoms with E-state index in [0.29, 0.717) is 13.0 Å². The van der Waals surface area contributed by atoms with Gasteiger partial charge in [0, 0.05) is 11.1 Å². The van der Waals surface area contributed by atoms with Crippen molar-refractivity contribution < 1.29 is 19.1 Å². The smallest absolute Gasteiger partial charge is 0.418 e. The van der Waals surface area contributed by atoms with Gasteiger partial charge in [-0.1, -0.05) is 18.2 Å². The number of methoxy groups -OCH3 is 2. The summed E-state index contributed by atoms with van der Waals surface area (Å²) in [5.41, 5.74) is 7.90. The number of nitrogens with zero attached hydrogens (tertiary/aromatic N) is 1. The van der Waals surface area contributed by atoms with Crippen LogP contribution in [0.4, 0.5) is 4.79 Å². The van der Waals surface area contributed by atoms with Crippen LogP contribution in [0.2, 0.25) is 0 Å². The molecular weight excluding hydrogens is 296 g/mol.